The number of aliphatic carboxylic acids is 1. The first-order valence-electron chi connectivity index (χ1n) is 45.5. The van der Waals surface area contributed by atoms with Crippen molar-refractivity contribution in [2.75, 3.05) is 110 Å². The zero-order chi connectivity index (χ0) is 99.9. The van der Waals surface area contributed by atoms with Gasteiger partial charge in [0.25, 0.3) is 0 Å². The summed E-state index contributed by atoms with van der Waals surface area (Å²) in [5.41, 5.74) is 17.7. The number of thioether (sulfide) groups is 2. The Labute approximate surface area is 800 Å². The number of carboxylic acid groups (broad SMARTS) is 1. The van der Waals surface area contributed by atoms with E-state index in [1.165, 1.54) is 38.1 Å². The molecule has 26 N–H and O–H groups in total. The highest BCUT2D eigenvalue weighted by Gasteiger charge is 2.46. The van der Waals surface area contributed by atoms with Crippen molar-refractivity contribution >= 4 is 136 Å². The molecule has 0 unspecified atom stereocenters. The van der Waals surface area contributed by atoms with Gasteiger partial charge in [0.15, 0.2) is 5.96 Å². The van der Waals surface area contributed by atoms with Gasteiger partial charge in [0.05, 0.1) is 70.8 Å². The lowest BCUT2D eigenvalue weighted by Crippen LogP contribution is -2.62. The molecule has 0 spiro atoms. The Bertz CT molecular complexity index is 4520. The molecule has 16 atom stereocenters. The standard InChI is InChI=1S/C87H131N23O25S2/c1-50(75(120)100-57(25-27-71(117)118)76(121)99-55(74(89)119)19-12-29-95-86(90)91)97-79(124)59(41-52-15-6-4-7-16-52)102-80(125)61(43-54-44-92-49-96-54)104-83(128)65-21-14-33-110(65)85(130)72(51(2)112)107-81(126)60(42-53-17-8-5-9-18-53)103-82(127)64-20-13-32-109(64)84(129)62(45-111)105-77(122)56(24-26-67(88)113)101-78(123)58(28-40-136-3)98-70(116)47-135-39-37-133-35-31-94-69(115)46-134-38-36-132-34-30-93-68(114)23-11-10-22-66-73-63(48-137-66)106-87(131)108-73/h4-9,15-18,44,49-51,55-66,72-73,111-112H,10-14,19-43,45-48H2,1-3H3,(H2,88,113)(H2,89,119)(H,92,96)(H,93,114)(H,94,115)(H,97,124)(H,98,116)(H,99,121)(H,100,120)(H,101,123)(H,102,125)(H,103,127)(H,104,128)(H,105,122)(H,107,126)(H,117,118)(H4,90,91,95)(H2,106,108,131)/t50-,51+,55-,56-,57-,58-,59-,60-,61-,62-,63-,64-,65-,66-,72-,73-/m0/s1. The van der Waals surface area contributed by atoms with Crippen LogP contribution in [0.25, 0.3) is 0 Å². The quantitative estimate of drug-likeness (QED) is 0.0108. The summed E-state index contributed by atoms with van der Waals surface area (Å²) >= 11 is 3.18. The molecule has 0 radical (unpaired) electrons. The van der Waals surface area contributed by atoms with Gasteiger partial charge in [-0.05, 0) is 108 Å². The number of nitrogens with zero attached hydrogens (tertiary/aromatic N) is 3. The van der Waals surface area contributed by atoms with E-state index < -0.39 is 212 Å². The number of H-pyrrole nitrogens is 1. The fourth-order valence-corrected chi connectivity index (χ4v) is 17.4. The van der Waals surface area contributed by atoms with Crippen LogP contribution in [0.5, 0.6) is 0 Å². The molecule has 0 saturated carbocycles. The summed E-state index contributed by atoms with van der Waals surface area (Å²) in [6.45, 7) is 1.64. The van der Waals surface area contributed by atoms with Crippen LogP contribution in [-0.4, -0.2) is 353 Å². The molecule has 0 bridgehead atoms. The number of carboxylic acids is 1. The average molecular weight is 1960 g/mol. The third-order valence-corrected chi connectivity index (χ3v) is 24.8. The van der Waals surface area contributed by atoms with E-state index in [0.29, 0.717) is 40.8 Å². The summed E-state index contributed by atoms with van der Waals surface area (Å²) in [6.07, 6.45) is 3.60. The second-order valence-electron chi connectivity index (χ2n) is 33.2. The number of hydrogen-bond donors (Lipinski definition) is 23. The van der Waals surface area contributed by atoms with Crippen molar-refractivity contribution in [2.24, 2.45) is 17.2 Å². The van der Waals surface area contributed by atoms with Crippen LogP contribution in [0.3, 0.4) is 0 Å². The zero-order valence-electron chi connectivity index (χ0n) is 76.9. The monoisotopic (exact) mass is 1960 g/mol. The number of benzene rings is 2. The van der Waals surface area contributed by atoms with E-state index >= 15 is 0 Å². The van der Waals surface area contributed by atoms with E-state index in [1.54, 1.807) is 66.9 Å². The highest BCUT2D eigenvalue weighted by molar-refractivity contribution is 8.00. The number of carbonyl (C=O) groups is 18. The molecule has 4 saturated heterocycles. The molecule has 4 fully saturated rings. The molecule has 137 heavy (non-hydrogen) atoms. The molecule has 1 aromatic heterocycles. The summed E-state index contributed by atoms with van der Waals surface area (Å²) < 4.78 is 21.8. The van der Waals surface area contributed by atoms with Crippen molar-refractivity contribution < 1.29 is 121 Å². The summed E-state index contributed by atoms with van der Waals surface area (Å²) in [6, 6.07) is -1.31. The maximum atomic E-state index is 14.9. The smallest absolute Gasteiger partial charge is 0.315 e. The van der Waals surface area contributed by atoms with Crippen LogP contribution in [0, 0.1) is 5.41 Å². The minimum atomic E-state index is -1.80. The fraction of sp³-hybridized carbons (Fsp3) is 0.609. The number of amides is 18. The third kappa shape index (κ3) is 39.3. The zero-order valence-corrected chi connectivity index (χ0v) is 78.6. The van der Waals surface area contributed by atoms with Crippen LogP contribution in [0.2, 0.25) is 0 Å². The van der Waals surface area contributed by atoms with Gasteiger partial charge in [-0.1, -0.05) is 67.1 Å². The Kier molecular flexibility index (Phi) is 48.6. The Morgan fingerprint density at radius 2 is 1.05 bits per heavy atom. The van der Waals surface area contributed by atoms with Crippen LogP contribution in [0.15, 0.2) is 73.2 Å². The number of fused-ring (bicyclic) bond motifs is 1. The molecule has 50 heteroatoms. The molecule has 4 aliphatic rings. The molecule has 7 rings (SSSR count). The van der Waals surface area contributed by atoms with Gasteiger partial charge >= 0.3 is 12.0 Å². The maximum Gasteiger partial charge on any atom is 0.315 e. The van der Waals surface area contributed by atoms with Crippen LogP contribution >= 0.6 is 23.5 Å². The molecule has 756 valence electrons. The predicted octanol–water partition coefficient (Wildman–Crippen LogP) is -6.68. The average Bonchev–Trinajstić information content (AvgIpc) is 1.75. The Morgan fingerprint density at radius 1 is 0.540 bits per heavy atom. The molecule has 48 nitrogen and oxygen atoms in total. The summed E-state index contributed by atoms with van der Waals surface area (Å²) in [4.78, 5) is 253. The Balaban J connectivity index is 0.898. The topological polar surface area (TPSA) is 722 Å². The van der Waals surface area contributed by atoms with Gasteiger partial charge in [0.1, 0.15) is 85.7 Å². The maximum absolute atomic E-state index is 14.9. The molecule has 4 aliphatic heterocycles. The number of guanidine groups is 1. The first-order chi connectivity index (χ1) is 65.6. The van der Waals surface area contributed by atoms with Crippen molar-refractivity contribution in [3.63, 3.8) is 0 Å². The number of carbonyl (C=O) groups excluding carboxylic acids is 17. The van der Waals surface area contributed by atoms with Gasteiger partial charge in [-0.3, -0.25) is 86.9 Å². The number of aliphatic hydroxyl groups excluding tert-OH is 2. The van der Waals surface area contributed by atoms with Gasteiger partial charge in [-0.25, -0.2) is 9.78 Å². The van der Waals surface area contributed by atoms with Gasteiger partial charge in [-0.2, -0.15) is 23.5 Å². The minimum absolute atomic E-state index is 0.000270. The summed E-state index contributed by atoms with van der Waals surface area (Å²) in [5, 5.41) is 78.7. The number of nitrogens with one attached hydrogen (secondary N) is 17. The lowest BCUT2D eigenvalue weighted by molar-refractivity contribution is -0.145. The van der Waals surface area contributed by atoms with Crippen LogP contribution in [0.4, 0.5) is 4.79 Å². The number of likely N-dealkylation sites (tertiary alicyclic amines) is 2. The molecular weight excluding hydrogens is 1830 g/mol. The third-order valence-electron chi connectivity index (χ3n) is 22.6. The van der Waals surface area contributed by atoms with E-state index in [9.17, 15) is 102 Å². The summed E-state index contributed by atoms with van der Waals surface area (Å²) in [5.74, 6) is -14.0. The van der Waals surface area contributed by atoms with Crippen molar-refractivity contribution in [2.45, 2.75) is 225 Å². The number of primary amides is 2. The largest absolute Gasteiger partial charge is 0.481 e. The lowest BCUT2D eigenvalue weighted by atomic mass is 10.0. The fourth-order valence-electron chi connectivity index (χ4n) is 15.4. The van der Waals surface area contributed by atoms with E-state index in [4.69, 9.17) is 41.6 Å². The van der Waals surface area contributed by atoms with Crippen LogP contribution < -0.4 is 97.0 Å². The van der Waals surface area contributed by atoms with Gasteiger partial charge < -0.3 is 146 Å². The number of unbranched alkanes of at least 4 members (excludes halogenated alkanes) is 1. The highest BCUT2D eigenvalue weighted by atomic mass is 32.2. The number of nitrogens with two attached hydrogens (primary N) is 3. The molecule has 18 amide bonds. The number of aromatic amines is 1. The van der Waals surface area contributed by atoms with Crippen LogP contribution in [0.1, 0.15) is 127 Å². The Hall–Kier alpha value is -12.4. The van der Waals surface area contributed by atoms with Gasteiger partial charge in [0, 0.05) is 94.1 Å². The molecular formula is C87H131N23O25S2. The molecule has 0 aliphatic carbocycles. The summed E-state index contributed by atoms with van der Waals surface area (Å²) in [7, 11) is 0. The van der Waals surface area contributed by atoms with E-state index in [2.05, 4.69) is 89.7 Å². The number of rotatable bonds is 64. The minimum Gasteiger partial charge on any atom is -0.481 e. The van der Waals surface area contributed by atoms with Crippen molar-refractivity contribution in [3.05, 3.63) is 90.0 Å². The van der Waals surface area contributed by atoms with E-state index in [-0.39, 0.29) is 167 Å². The number of aromatic nitrogens is 2. The SMILES string of the molecule is CSCC[C@H](NC(=O)COCCOCCNC(=O)COCCOCCNC(=O)CCCC[C@@H]1SC[C@@H]2NC(=O)N[C@@H]21)C(=O)N[C@@H](CCC(N)=O)C(=O)N[C@@H](CO)C(=O)N1CCC[C@H]1C(=O)N[C@@H](Cc1ccccc1)C(=O)N[C@H](C(=O)N1CCC[C@H]1C(=O)N[C@@H](Cc1cnc[nH]1)C(=O)N[C@@H](Cc1ccccc1)C(=O)N[C@@H](C)C(=O)N[C@@H](CCC(=O)O)C(=O)N[C@@H](CCCNC(=N)N)C(N)=O)[C@@H](C)O. The first kappa shape index (κ1) is 112. The van der Waals surface area contributed by atoms with Crippen molar-refractivity contribution in [3.8, 4) is 0 Å². The number of hydrogen-bond acceptors (Lipinski definition) is 28. The van der Waals surface area contributed by atoms with Gasteiger partial charge in [-0.15, -0.1) is 0 Å². The Morgan fingerprint density at radius 3 is 1.61 bits per heavy atom. The van der Waals surface area contributed by atoms with Crippen molar-refractivity contribution in [1.29, 1.82) is 5.41 Å². The number of aliphatic hydroxyl groups is 2. The van der Waals surface area contributed by atoms with Crippen LogP contribution in [-0.2, 0) is 120 Å². The van der Waals surface area contributed by atoms with Crippen molar-refractivity contribution in [1.82, 2.24) is 99.5 Å². The first-order valence-corrected chi connectivity index (χ1v) is 47.9. The van der Waals surface area contributed by atoms with E-state index in [1.807, 2.05) is 11.8 Å². The molecule has 2 aromatic carbocycles. The van der Waals surface area contributed by atoms with Gasteiger partial charge in [0.2, 0.25) is 94.5 Å². The number of urea groups is 1. The molecule has 5 heterocycles. The second-order valence-corrected chi connectivity index (χ2v) is 35.5. The van der Waals surface area contributed by atoms with E-state index in [0.717, 1.165) is 34.8 Å². The number of imidazole rings is 1. The lowest BCUT2D eigenvalue weighted by Gasteiger charge is -2.32. The number of ether oxygens (including phenoxy) is 4. The second kappa shape index (κ2) is 59.6. The molecule has 3 aromatic rings. The normalized spacial score (nSPS) is 18.3. The highest BCUT2D eigenvalue weighted by Crippen LogP contribution is 2.33. The predicted molar refractivity (Wildman–Crippen MR) is 496 cm³/mol.